The van der Waals surface area contributed by atoms with Gasteiger partial charge < -0.3 is 4.90 Å². The maximum Gasteiger partial charge on any atom is 0.212 e. The van der Waals surface area contributed by atoms with Gasteiger partial charge in [-0.1, -0.05) is 6.07 Å². The van der Waals surface area contributed by atoms with E-state index in [2.05, 4.69) is 9.88 Å². The Morgan fingerprint density at radius 1 is 1.27 bits per heavy atom. The van der Waals surface area contributed by atoms with Crippen LogP contribution in [0.25, 0.3) is 0 Å². The molecular weight excluding hydrogens is 191 g/mol. The lowest BCUT2D eigenvalue weighted by molar-refractivity contribution is 0.242. The molecule has 80 valence electrons. The zero-order chi connectivity index (χ0) is 10.3. The van der Waals surface area contributed by atoms with Crippen molar-refractivity contribution in [1.29, 1.82) is 0 Å². The van der Waals surface area contributed by atoms with Crippen molar-refractivity contribution in [2.24, 2.45) is 0 Å². The van der Waals surface area contributed by atoms with Crippen LogP contribution in [0.2, 0.25) is 0 Å². The van der Waals surface area contributed by atoms with E-state index in [9.17, 15) is 4.39 Å². The summed E-state index contributed by atoms with van der Waals surface area (Å²) in [5, 5.41) is 0. The highest BCUT2D eigenvalue weighted by Gasteiger charge is 2.42. The van der Waals surface area contributed by atoms with Crippen LogP contribution in [0.4, 0.5) is 4.39 Å². The first-order chi connectivity index (χ1) is 7.28. The highest BCUT2D eigenvalue weighted by molar-refractivity contribution is 5.25. The second kappa shape index (κ2) is 3.27. The molecule has 0 radical (unpaired) electrons. The van der Waals surface area contributed by atoms with Crippen molar-refractivity contribution in [3.05, 3.63) is 29.8 Å². The Labute approximate surface area is 89.1 Å². The number of rotatable bonds is 1. The number of fused-ring (bicyclic) bond motifs is 2. The van der Waals surface area contributed by atoms with Gasteiger partial charge in [0.25, 0.3) is 0 Å². The van der Waals surface area contributed by atoms with Crippen LogP contribution < -0.4 is 0 Å². The molecule has 2 aliphatic rings. The molecule has 2 bridgehead atoms. The number of aromatic nitrogens is 1. The Morgan fingerprint density at radius 2 is 2.20 bits per heavy atom. The zero-order valence-corrected chi connectivity index (χ0v) is 8.75. The molecule has 1 aromatic heterocycles. The molecule has 0 N–H and O–H groups in total. The van der Waals surface area contributed by atoms with Crippen LogP contribution >= 0.6 is 0 Å². The van der Waals surface area contributed by atoms with Crippen LogP contribution in [-0.4, -0.2) is 29.5 Å². The quantitative estimate of drug-likeness (QED) is 0.653. The monoisotopic (exact) mass is 206 g/mol. The largest absolute Gasteiger partial charge is 0.302 e. The molecule has 2 aliphatic heterocycles. The van der Waals surface area contributed by atoms with Crippen molar-refractivity contribution in [2.45, 2.75) is 24.7 Å². The van der Waals surface area contributed by atoms with E-state index in [1.807, 2.05) is 6.07 Å². The Bertz CT molecular complexity index is 358. The molecule has 2 atom stereocenters. The lowest BCUT2D eigenvalue weighted by atomic mass is 9.76. The van der Waals surface area contributed by atoms with E-state index in [1.165, 1.54) is 44.0 Å². The van der Waals surface area contributed by atoms with Gasteiger partial charge in [-0.15, -0.1) is 0 Å². The van der Waals surface area contributed by atoms with Gasteiger partial charge in [0.1, 0.15) is 0 Å². The summed E-state index contributed by atoms with van der Waals surface area (Å²) in [6, 6.07) is 3.40. The SMILES string of the molecule is Fc1ccc(C23CCCN(CC2)C3)cn1. The number of hydrogen-bond acceptors (Lipinski definition) is 2. The molecule has 3 rings (SSSR count). The summed E-state index contributed by atoms with van der Waals surface area (Å²) in [5.74, 6) is -0.374. The summed E-state index contributed by atoms with van der Waals surface area (Å²) in [6.07, 6.45) is 5.43. The predicted molar refractivity (Wildman–Crippen MR) is 56.2 cm³/mol. The fraction of sp³-hybridized carbons (Fsp3) is 0.583. The summed E-state index contributed by atoms with van der Waals surface area (Å²) in [5.41, 5.74) is 1.50. The van der Waals surface area contributed by atoms with Gasteiger partial charge in [-0.05, 0) is 44.0 Å². The van der Waals surface area contributed by atoms with Gasteiger partial charge in [-0.2, -0.15) is 4.39 Å². The lowest BCUT2D eigenvalue weighted by Gasteiger charge is -2.34. The van der Waals surface area contributed by atoms with E-state index < -0.39 is 0 Å². The number of hydrogen-bond donors (Lipinski definition) is 0. The van der Waals surface area contributed by atoms with Crippen molar-refractivity contribution in [3.8, 4) is 0 Å². The number of pyridine rings is 1. The molecule has 2 nitrogen and oxygen atoms in total. The first-order valence-corrected chi connectivity index (χ1v) is 5.63. The van der Waals surface area contributed by atoms with Crippen molar-refractivity contribution in [2.75, 3.05) is 19.6 Å². The molecule has 3 heteroatoms. The first kappa shape index (κ1) is 9.28. The summed E-state index contributed by atoms with van der Waals surface area (Å²) < 4.78 is 12.8. The van der Waals surface area contributed by atoms with E-state index in [4.69, 9.17) is 0 Å². The first-order valence-electron chi connectivity index (χ1n) is 5.63. The second-order valence-corrected chi connectivity index (χ2v) is 4.78. The lowest BCUT2D eigenvalue weighted by Crippen LogP contribution is -2.36. The minimum absolute atomic E-state index is 0.277. The average Bonchev–Trinajstić information content (AvgIpc) is 2.56. The topological polar surface area (TPSA) is 16.1 Å². The van der Waals surface area contributed by atoms with E-state index in [0.717, 1.165) is 6.54 Å². The number of halogens is 1. The van der Waals surface area contributed by atoms with Gasteiger partial charge in [0.15, 0.2) is 0 Å². The Kier molecular flexibility index (Phi) is 2.02. The van der Waals surface area contributed by atoms with Gasteiger partial charge in [-0.3, -0.25) is 0 Å². The van der Waals surface area contributed by atoms with E-state index in [1.54, 1.807) is 6.20 Å². The van der Waals surface area contributed by atoms with Gasteiger partial charge in [0.05, 0.1) is 0 Å². The third kappa shape index (κ3) is 1.46. The van der Waals surface area contributed by atoms with Crippen molar-refractivity contribution in [1.82, 2.24) is 9.88 Å². The maximum absolute atomic E-state index is 12.8. The number of nitrogens with zero attached hydrogens (tertiary/aromatic N) is 2. The van der Waals surface area contributed by atoms with Crippen LogP contribution in [0.1, 0.15) is 24.8 Å². The molecule has 3 heterocycles. The van der Waals surface area contributed by atoms with Gasteiger partial charge in [0, 0.05) is 18.2 Å². The molecule has 0 saturated carbocycles. The van der Waals surface area contributed by atoms with Crippen molar-refractivity contribution < 1.29 is 4.39 Å². The van der Waals surface area contributed by atoms with Crippen molar-refractivity contribution in [3.63, 3.8) is 0 Å². The highest BCUT2D eigenvalue weighted by atomic mass is 19.1. The van der Waals surface area contributed by atoms with Crippen LogP contribution in [0.5, 0.6) is 0 Å². The third-order valence-electron chi connectivity index (χ3n) is 3.90. The summed E-state index contributed by atoms with van der Waals surface area (Å²) in [7, 11) is 0. The smallest absolute Gasteiger partial charge is 0.212 e. The van der Waals surface area contributed by atoms with Gasteiger partial charge >= 0.3 is 0 Å². The maximum atomic E-state index is 12.8. The third-order valence-corrected chi connectivity index (χ3v) is 3.90. The van der Waals surface area contributed by atoms with Crippen molar-refractivity contribution >= 4 is 0 Å². The molecule has 0 aliphatic carbocycles. The normalized spacial score (nSPS) is 34.3. The molecular formula is C12H15FN2. The minimum atomic E-state index is -0.374. The van der Waals surface area contributed by atoms with Crippen LogP contribution in [0, 0.1) is 5.95 Å². The predicted octanol–water partition coefficient (Wildman–Crippen LogP) is 1.96. The molecule has 0 spiro atoms. The fourth-order valence-corrected chi connectivity index (χ4v) is 3.06. The molecule has 2 fully saturated rings. The number of piperidine rings is 1. The molecule has 0 amide bonds. The van der Waals surface area contributed by atoms with E-state index >= 15 is 0 Å². The highest BCUT2D eigenvalue weighted by Crippen LogP contribution is 2.41. The van der Waals surface area contributed by atoms with E-state index in [0.29, 0.717) is 0 Å². The zero-order valence-electron chi connectivity index (χ0n) is 8.75. The van der Waals surface area contributed by atoms with Crippen LogP contribution in [0.15, 0.2) is 18.3 Å². The standard InChI is InChI=1S/C12H15FN2/c13-11-3-2-10(8-14-11)12-4-1-6-15(9-12)7-5-12/h2-3,8H,1,4-7,9H2. The fourth-order valence-electron chi connectivity index (χ4n) is 3.06. The molecule has 1 aromatic rings. The molecule has 0 aromatic carbocycles. The molecule has 2 unspecified atom stereocenters. The van der Waals surface area contributed by atoms with Gasteiger partial charge in [0.2, 0.25) is 5.95 Å². The molecule has 15 heavy (non-hydrogen) atoms. The summed E-state index contributed by atoms with van der Waals surface area (Å²) in [4.78, 5) is 6.29. The van der Waals surface area contributed by atoms with Crippen LogP contribution in [0.3, 0.4) is 0 Å². The minimum Gasteiger partial charge on any atom is -0.302 e. The summed E-state index contributed by atoms with van der Waals surface area (Å²) in [6.45, 7) is 3.56. The van der Waals surface area contributed by atoms with Gasteiger partial charge in [-0.25, -0.2) is 4.98 Å². The van der Waals surface area contributed by atoms with Crippen LogP contribution in [-0.2, 0) is 5.41 Å². The Balaban J connectivity index is 1.95. The second-order valence-electron chi connectivity index (χ2n) is 4.78. The molecule has 2 saturated heterocycles. The Hall–Kier alpha value is -0.960. The summed E-state index contributed by atoms with van der Waals surface area (Å²) >= 11 is 0. The average molecular weight is 206 g/mol. The van der Waals surface area contributed by atoms with E-state index in [-0.39, 0.29) is 11.4 Å². The Morgan fingerprint density at radius 3 is 3.00 bits per heavy atom.